The second-order valence-electron chi connectivity index (χ2n) is 4.83. The molecule has 0 aromatic heterocycles. The van der Waals surface area contributed by atoms with Crippen LogP contribution in [-0.2, 0) is 0 Å². The highest BCUT2D eigenvalue weighted by atomic mass is 127. The van der Waals surface area contributed by atoms with Crippen molar-refractivity contribution < 1.29 is 19.0 Å². The first-order chi connectivity index (χ1) is 11.0. The van der Waals surface area contributed by atoms with Crippen molar-refractivity contribution in [1.82, 2.24) is 0 Å². The number of methoxy groups -OCH3 is 3. The third kappa shape index (κ3) is 3.87. The van der Waals surface area contributed by atoms with Crippen molar-refractivity contribution in [3.05, 3.63) is 45.0 Å². The van der Waals surface area contributed by atoms with Gasteiger partial charge in [0, 0.05) is 14.8 Å². The van der Waals surface area contributed by atoms with E-state index in [0.717, 1.165) is 14.8 Å². The molecule has 0 bridgehead atoms. The Balaban J connectivity index is 2.35. The van der Waals surface area contributed by atoms with Gasteiger partial charge in [-0.05, 0) is 65.4 Å². The summed E-state index contributed by atoms with van der Waals surface area (Å²) in [4.78, 5) is 12.5. The van der Waals surface area contributed by atoms with E-state index < -0.39 is 0 Å². The molecule has 0 heterocycles. The lowest BCUT2D eigenvalue weighted by atomic mass is 10.1. The van der Waals surface area contributed by atoms with Gasteiger partial charge in [-0.2, -0.15) is 0 Å². The third-order valence-electron chi connectivity index (χ3n) is 3.36. The van der Waals surface area contributed by atoms with Crippen LogP contribution in [0, 0.1) is 10.5 Å². The molecule has 0 unspecified atom stereocenters. The van der Waals surface area contributed by atoms with E-state index in [1.165, 1.54) is 21.3 Å². The van der Waals surface area contributed by atoms with Crippen LogP contribution < -0.4 is 19.5 Å². The van der Waals surface area contributed by atoms with Crippen LogP contribution >= 0.6 is 22.6 Å². The number of carbonyl (C=O) groups is 1. The molecule has 122 valence electrons. The van der Waals surface area contributed by atoms with Crippen LogP contribution in [0.5, 0.6) is 17.2 Å². The smallest absolute Gasteiger partial charge is 0.255 e. The molecule has 5 nitrogen and oxygen atoms in total. The molecule has 23 heavy (non-hydrogen) atoms. The molecular formula is C17H18INO4. The predicted molar refractivity (Wildman–Crippen MR) is 97.9 cm³/mol. The molecular weight excluding hydrogens is 409 g/mol. The molecule has 6 heteroatoms. The van der Waals surface area contributed by atoms with E-state index in [2.05, 4.69) is 27.9 Å². The van der Waals surface area contributed by atoms with Gasteiger partial charge in [-0.3, -0.25) is 4.79 Å². The zero-order valence-corrected chi connectivity index (χ0v) is 15.6. The Morgan fingerprint density at radius 3 is 2.09 bits per heavy atom. The number of rotatable bonds is 5. The average molecular weight is 427 g/mol. The number of aryl methyl sites for hydroxylation is 1. The molecule has 1 amide bonds. The van der Waals surface area contributed by atoms with Crippen molar-refractivity contribution >= 4 is 34.2 Å². The molecule has 0 aliphatic carbocycles. The van der Waals surface area contributed by atoms with Crippen molar-refractivity contribution in [1.29, 1.82) is 0 Å². The number of amides is 1. The Morgan fingerprint density at radius 2 is 1.61 bits per heavy atom. The monoisotopic (exact) mass is 427 g/mol. The lowest BCUT2D eigenvalue weighted by Gasteiger charge is -2.14. The van der Waals surface area contributed by atoms with Crippen molar-refractivity contribution in [3.8, 4) is 17.2 Å². The lowest BCUT2D eigenvalue weighted by Crippen LogP contribution is -2.13. The van der Waals surface area contributed by atoms with Gasteiger partial charge in [0.15, 0.2) is 11.5 Å². The largest absolute Gasteiger partial charge is 0.493 e. The highest BCUT2D eigenvalue weighted by Crippen LogP contribution is 2.38. The summed E-state index contributed by atoms with van der Waals surface area (Å²) in [5, 5.41) is 2.90. The van der Waals surface area contributed by atoms with E-state index >= 15 is 0 Å². The summed E-state index contributed by atoms with van der Waals surface area (Å²) in [6.07, 6.45) is 0. The van der Waals surface area contributed by atoms with Crippen LogP contribution in [0.4, 0.5) is 5.69 Å². The lowest BCUT2D eigenvalue weighted by molar-refractivity contribution is 0.102. The number of halogens is 1. The molecule has 0 aliphatic rings. The normalized spacial score (nSPS) is 10.1. The number of anilines is 1. The second kappa shape index (κ2) is 7.54. The van der Waals surface area contributed by atoms with Gasteiger partial charge in [0.25, 0.3) is 5.91 Å². The van der Waals surface area contributed by atoms with Gasteiger partial charge in [0.2, 0.25) is 5.75 Å². The Morgan fingerprint density at radius 1 is 1.00 bits per heavy atom. The second-order valence-corrected chi connectivity index (χ2v) is 6.07. The van der Waals surface area contributed by atoms with E-state index in [9.17, 15) is 4.79 Å². The van der Waals surface area contributed by atoms with Crippen LogP contribution in [0.2, 0.25) is 0 Å². The first kappa shape index (κ1) is 17.4. The number of benzene rings is 2. The van der Waals surface area contributed by atoms with Crippen LogP contribution in [0.15, 0.2) is 30.3 Å². The molecule has 0 fully saturated rings. The summed E-state index contributed by atoms with van der Waals surface area (Å²) in [6.45, 7) is 1.95. The maximum atomic E-state index is 12.5. The minimum absolute atomic E-state index is 0.242. The maximum Gasteiger partial charge on any atom is 0.255 e. The van der Waals surface area contributed by atoms with Gasteiger partial charge < -0.3 is 19.5 Å². The van der Waals surface area contributed by atoms with E-state index in [1.54, 1.807) is 12.1 Å². The average Bonchev–Trinajstić information content (AvgIpc) is 2.55. The van der Waals surface area contributed by atoms with Crippen LogP contribution in [0.3, 0.4) is 0 Å². The fraction of sp³-hybridized carbons (Fsp3) is 0.235. The van der Waals surface area contributed by atoms with Crippen LogP contribution in [0.25, 0.3) is 0 Å². The standard InChI is InChI=1S/C17H18INO4/c1-10-7-12(18)5-6-13(10)19-17(20)11-8-14(21-2)16(23-4)15(9-11)22-3/h5-9H,1-4H3,(H,19,20). The number of hydrogen-bond acceptors (Lipinski definition) is 4. The molecule has 0 radical (unpaired) electrons. The number of hydrogen-bond donors (Lipinski definition) is 1. The molecule has 0 saturated heterocycles. The maximum absolute atomic E-state index is 12.5. The van der Waals surface area contributed by atoms with E-state index in [0.29, 0.717) is 22.8 Å². The molecule has 0 atom stereocenters. The molecule has 2 aromatic carbocycles. The van der Waals surface area contributed by atoms with E-state index in [-0.39, 0.29) is 5.91 Å². The van der Waals surface area contributed by atoms with Gasteiger partial charge in [-0.25, -0.2) is 0 Å². The molecule has 0 aliphatic heterocycles. The van der Waals surface area contributed by atoms with Gasteiger partial charge in [0.1, 0.15) is 0 Å². The Hall–Kier alpha value is -1.96. The molecule has 0 saturated carbocycles. The summed E-state index contributed by atoms with van der Waals surface area (Å²) in [5.41, 5.74) is 2.19. The summed E-state index contributed by atoms with van der Waals surface area (Å²) in [5.74, 6) is 1.10. The van der Waals surface area contributed by atoms with Crippen molar-refractivity contribution in [2.24, 2.45) is 0 Å². The Labute approximate surface area is 149 Å². The quantitative estimate of drug-likeness (QED) is 0.737. The van der Waals surface area contributed by atoms with Crippen LogP contribution in [-0.4, -0.2) is 27.2 Å². The topological polar surface area (TPSA) is 56.8 Å². The molecule has 1 N–H and O–H groups in total. The first-order valence-corrected chi connectivity index (χ1v) is 7.95. The van der Waals surface area contributed by atoms with Crippen molar-refractivity contribution in [2.45, 2.75) is 6.92 Å². The highest BCUT2D eigenvalue weighted by Gasteiger charge is 2.17. The Kier molecular flexibility index (Phi) is 5.70. The summed E-state index contributed by atoms with van der Waals surface area (Å²) in [7, 11) is 4.56. The zero-order chi connectivity index (χ0) is 17.0. The fourth-order valence-electron chi connectivity index (χ4n) is 2.17. The summed E-state index contributed by atoms with van der Waals surface area (Å²) >= 11 is 2.23. The highest BCUT2D eigenvalue weighted by molar-refractivity contribution is 14.1. The third-order valence-corrected chi connectivity index (χ3v) is 4.03. The summed E-state index contributed by atoms with van der Waals surface area (Å²) < 4.78 is 16.9. The molecule has 0 spiro atoms. The van der Waals surface area contributed by atoms with Gasteiger partial charge in [-0.1, -0.05) is 0 Å². The van der Waals surface area contributed by atoms with E-state index in [1.807, 2.05) is 25.1 Å². The van der Waals surface area contributed by atoms with Crippen LogP contribution in [0.1, 0.15) is 15.9 Å². The predicted octanol–water partition coefficient (Wildman–Crippen LogP) is 3.88. The van der Waals surface area contributed by atoms with Crippen molar-refractivity contribution in [3.63, 3.8) is 0 Å². The number of ether oxygens (including phenoxy) is 3. The van der Waals surface area contributed by atoms with Gasteiger partial charge in [0.05, 0.1) is 21.3 Å². The summed E-state index contributed by atoms with van der Waals surface area (Å²) in [6, 6.07) is 9.08. The van der Waals surface area contributed by atoms with Crippen molar-refractivity contribution in [2.75, 3.05) is 26.6 Å². The Bertz CT molecular complexity index is 706. The van der Waals surface area contributed by atoms with Gasteiger partial charge >= 0.3 is 0 Å². The minimum Gasteiger partial charge on any atom is -0.493 e. The number of carbonyl (C=O) groups excluding carboxylic acids is 1. The van der Waals surface area contributed by atoms with Gasteiger partial charge in [-0.15, -0.1) is 0 Å². The zero-order valence-electron chi connectivity index (χ0n) is 13.4. The van der Waals surface area contributed by atoms with E-state index in [4.69, 9.17) is 14.2 Å². The SMILES string of the molecule is COc1cc(C(=O)Nc2ccc(I)cc2C)cc(OC)c1OC. The molecule has 2 rings (SSSR count). The molecule has 2 aromatic rings. The minimum atomic E-state index is -0.242. The first-order valence-electron chi connectivity index (χ1n) is 6.87. The number of nitrogens with one attached hydrogen (secondary N) is 1. The fourth-order valence-corrected chi connectivity index (χ4v) is 2.82.